The molecular formula is C6H3F7O. The average Bonchev–Trinajstić information content (AvgIpc) is 2.02. The van der Waals surface area contributed by atoms with Crippen LogP contribution in [0.25, 0.3) is 0 Å². The first kappa shape index (κ1) is 11.1. The molecule has 82 valence electrons. The van der Waals surface area contributed by atoms with E-state index in [0.29, 0.717) is 0 Å². The second kappa shape index (κ2) is 2.34. The number of ether oxygens (including phenoxy) is 1. The maximum absolute atomic E-state index is 12.7. The topological polar surface area (TPSA) is 9.23 Å². The van der Waals surface area contributed by atoms with E-state index >= 15 is 0 Å². The molecule has 0 amide bonds. The quantitative estimate of drug-likeness (QED) is 0.517. The highest BCUT2D eigenvalue weighted by Gasteiger charge is 3.02. The molecule has 1 nitrogen and oxygen atoms in total. The Morgan fingerprint density at radius 1 is 0.786 bits per heavy atom. The molecule has 0 aromatic rings. The zero-order valence-corrected chi connectivity index (χ0v) is 6.34. The lowest BCUT2D eigenvalue weighted by molar-refractivity contribution is -0.524. The van der Waals surface area contributed by atoms with Crippen LogP contribution in [0.3, 0.4) is 0 Å². The first-order valence-corrected chi connectivity index (χ1v) is 3.17. The van der Waals surface area contributed by atoms with Gasteiger partial charge in [0, 0.05) is 0 Å². The molecule has 8 heteroatoms. The molecule has 1 fully saturated rings. The summed E-state index contributed by atoms with van der Waals surface area (Å²) >= 11 is 0. The van der Waals surface area contributed by atoms with E-state index in [1.807, 2.05) is 0 Å². The molecule has 1 saturated carbocycles. The fourth-order valence-corrected chi connectivity index (χ4v) is 0.999. The minimum Gasteiger partial charge on any atom is -0.456 e. The molecule has 0 saturated heterocycles. The third-order valence-corrected chi connectivity index (χ3v) is 1.84. The largest absolute Gasteiger partial charge is 0.456 e. The first-order valence-electron chi connectivity index (χ1n) is 3.17. The van der Waals surface area contributed by atoms with E-state index < -0.39 is 23.6 Å². The third kappa shape index (κ3) is 0.732. The second-order valence-electron chi connectivity index (χ2n) is 2.60. The van der Waals surface area contributed by atoms with Crippen molar-refractivity contribution in [2.24, 2.45) is 0 Å². The summed E-state index contributed by atoms with van der Waals surface area (Å²) in [7, 11) is 0. The van der Waals surface area contributed by atoms with Crippen LogP contribution < -0.4 is 0 Å². The fourth-order valence-electron chi connectivity index (χ4n) is 0.999. The molecular weight excluding hydrogens is 221 g/mol. The van der Waals surface area contributed by atoms with E-state index in [1.54, 1.807) is 0 Å². The molecule has 0 aromatic heterocycles. The van der Waals surface area contributed by atoms with Gasteiger partial charge in [0.25, 0.3) is 0 Å². The molecule has 14 heavy (non-hydrogen) atoms. The molecule has 0 bridgehead atoms. The van der Waals surface area contributed by atoms with Gasteiger partial charge in [0.2, 0.25) is 0 Å². The van der Waals surface area contributed by atoms with Crippen LogP contribution >= 0.6 is 0 Å². The lowest BCUT2D eigenvalue weighted by atomic mass is 9.78. The molecule has 0 radical (unpaired) electrons. The molecule has 0 unspecified atom stereocenters. The lowest BCUT2D eigenvalue weighted by Gasteiger charge is -2.52. The van der Waals surface area contributed by atoms with Crippen molar-refractivity contribution in [2.75, 3.05) is 0 Å². The van der Waals surface area contributed by atoms with Crippen LogP contribution in [0, 0.1) is 0 Å². The van der Waals surface area contributed by atoms with Gasteiger partial charge in [-0.05, 0) is 0 Å². The van der Waals surface area contributed by atoms with Crippen molar-refractivity contribution in [1.29, 1.82) is 0 Å². The Labute approximate surface area is 73.1 Å². The van der Waals surface area contributed by atoms with E-state index in [0.717, 1.165) is 0 Å². The summed E-state index contributed by atoms with van der Waals surface area (Å²) in [5.74, 6) is -22.0. The normalized spacial score (nSPS) is 30.2. The highest BCUT2D eigenvalue weighted by molar-refractivity contribution is 5.23. The van der Waals surface area contributed by atoms with Crippen LogP contribution in [-0.2, 0) is 4.74 Å². The molecule has 0 atom stereocenters. The number of alkyl halides is 7. The highest BCUT2D eigenvalue weighted by atomic mass is 19.4. The molecule has 0 aromatic carbocycles. The lowest BCUT2D eigenvalue weighted by Crippen LogP contribution is -2.84. The minimum absolute atomic E-state index is 0.0863. The van der Waals surface area contributed by atoms with Crippen molar-refractivity contribution in [3.05, 3.63) is 12.8 Å². The van der Waals surface area contributed by atoms with E-state index in [1.165, 1.54) is 0 Å². The van der Waals surface area contributed by atoms with Crippen molar-refractivity contribution in [3.63, 3.8) is 0 Å². The first-order chi connectivity index (χ1) is 6.06. The monoisotopic (exact) mass is 224 g/mol. The van der Waals surface area contributed by atoms with Gasteiger partial charge >= 0.3 is 23.6 Å². The van der Waals surface area contributed by atoms with Crippen LogP contribution in [0.4, 0.5) is 30.7 Å². The van der Waals surface area contributed by atoms with E-state index in [4.69, 9.17) is 0 Å². The second-order valence-corrected chi connectivity index (χ2v) is 2.60. The predicted octanol–water partition coefficient (Wildman–Crippen LogP) is 2.73. The van der Waals surface area contributed by atoms with Crippen LogP contribution in [0.5, 0.6) is 0 Å². The zero-order chi connectivity index (χ0) is 11.4. The van der Waals surface area contributed by atoms with Crippen LogP contribution in [0.15, 0.2) is 12.8 Å². The van der Waals surface area contributed by atoms with Gasteiger partial charge in [-0.3, -0.25) is 0 Å². The highest BCUT2D eigenvalue weighted by Crippen LogP contribution is 2.69. The third-order valence-electron chi connectivity index (χ3n) is 1.84. The van der Waals surface area contributed by atoms with Gasteiger partial charge in [-0.2, -0.15) is 30.7 Å². The van der Waals surface area contributed by atoms with Crippen molar-refractivity contribution in [3.8, 4) is 0 Å². The summed E-state index contributed by atoms with van der Waals surface area (Å²) in [5, 5.41) is 0. The standard InChI is InChI=1S/C6H3F7O/c1-2-14-6(13)4(9,10)3(7,8)5(6,11)12/h2H,1H2. The Hall–Kier alpha value is -0.950. The van der Waals surface area contributed by atoms with Gasteiger partial charge in [0.15, 0.2) is 0 Å². The van der Waals surface area contributed by atoms with Crippen LogP contribution in [-0.4, -0.2) is 23.6 Å². The van der Waals surface area contributed by atoms with Crippen molar-refractivity contribution >= 4 is 0 Å². The molecule has 1 rings (SSSR count). The summed E-state index contributed by atoms with van der Waals surface area (Å²) in [6, 6.07) is 0. The van der Waals surface area contributed by atoms with Crippen molar-refractivity contribution < 1.29 is 35.5 Å². The number of rotatable bonds is 2. The number of halogens is 7. The Bertz CT molecular complexity index is 253. The minimum atomic E-state index is -5.77. The number of hydrogen-bond acceptors (Lipinski definition) is 1. The number of hydrogen-bond donors (Lipinski definition) is 0. The van der Waals surface area contributed by atoms with E-state index in [9.17, 15) is 30.7 Å². The van der Waals surface area contributed by atoms with Gasteiger partial charge in [0.1, 0.15) is 0 Å². The summed E-state index contributed by atoms with van der Waals surface area (Å²) in [6.07, 6.45) is -0.0863. The van der Waals surface area contributed by atoms with E-state index in [2.05, 4.69) is 11.3 Å². The Balaban J connectivity index is 3.17. The zero-order valence-electron chi connectivity index (χ0n) is 6.34. The summed E-state index contributed by atoms with van der Waals surface area (Å²) in [6.45, 7) is 2.53. The predicted molar refractivity (Wildman–Crippen MR) is 30.0 cm³/mol. The van der Waals surface area contributed by atoms with Crippen LogP contribution in [0.1, 0.15) is 0 Å². The Kier molecular flexibility index (Phi) is 1.86. The van der Waals surface area contributed by atoms with E-state index in [-0.39, 0.29) is 6.26 Å². The molecule has 0 aliphatic heterocycles. The van der Waals surface area contributed by atoms with Crippen molar-refractivity contribution in [1.82, 2.24) is 0 Å². The fraction of sp³-hybridized carbons (Fsp3) is 0.667. The maximum atomic E-state index is 12.7. The van der Waals surface area contributed by atoms with Crippen molar-refractivity contribution in [2.45, 2.75) is 23.6 Å². The van der Waals surface area contributed by atoms with Gasteiger partial charge in [-0.15, -0.1) is 0 Å². The summed E-state index contributed by atoms with van der Waals surface area (Å²) in [4.78, 5) is 0. The van der Waals surface area contributed by atoms with Gasteiger partial charge in [-0.25, -0.2) is 0 Å². The maximum Gasteiger partial charge on any atom is 0.391 e. The SMILES string of the molecule is C=COC1(F)C(F)(F)C(F)(F)C1(F)F. The summed E-state index contributed by atoms with van der Waals surface area (Å²) < 4.78 is 89.0. The molecule has 1 aliphatic rings. The molecule has 0 N–H and O–H groups in total. The Morgan fingerprint density at radius 3 is 1.43 bits per heavy atom. The summed E-state index contributed by atoms with van der Waals surface area (Å²) in [5.41, 5.74) is 0. The van der Waals surface area contributed by atoms with Gasteiger partial charge < -0.3 is 4.74 Å². The average molecular weight is 224 g/mol. The smallest absolute Gasteiger partial charge is 0.391 e. The molecule has 0 heterocycles. The Morgan fingerprint density at radius 2 is 1.14 bits per heavy atom. The molecule has 1 aliphatic carbocycles. The van der Waals surface area contributed by atoms with Crippen LogP contribution in [0.2, 0.25) is 0 Å². The molecule has 0 spiro atoms. The van der Waals surface area contributed by atoms with Gasteiger partial charge in [-0.1, -0.05) is 6.58 Å². The van der Waals surface area contributed by atoms with Gasteiger partial charge in [0.05, 0.1) is 6.26 Å².